The molecule has 1 fully saturated rings. The molecule has 1 aromatic rings. The van der Waals surface area contributed by atoms with Crippen LogP contribution >= 0.6 is 11.6 Å². The van der Waals surface area contributed by atoms with Crippen LogP contribution < -0.4 is 0 Å². The molecule has 0 aromatic carbocycles. The van der Waals surface area contributed by atoms with Gasteiger partial charge >= 0.3 is 0 Å². The number of alkyl halides is 1. The Hall–Kier alpha value is -0.570. The van der Waals surface area contributed by atoms with Crippen molar-refractivity contribution in [3.8, 4) is 0 Å². The van der Waals surface area contributed by atoms with E-state index in [1.165, 1.54) is 38.5 Å². The minimum atomic E-state index is 0.319. The van der Waals surface area contributed by atoms with Crippen LogP contribution in [0.5, 0.6) is 0 Å². The summed E-state index contributed by atoms with van der Waals surface area (Å²) in [6, 6.07) is 0. The molecule has 0 N–H and O–H groups in total. The first-order valence-electron chi connectivity index (χ1n) is 5.28. The highest BCUT2D eigenvalue weighted by atomic mass is 35.5. The number of hydrogen-bond acceptors (Lipinski definition) is 3. The molecule has 4 heteroatoms. The Morgan fingerprint density at radius 1 is 1.21 bits per heavy atom. The number of halogens is 1. The maximum absolute atomic E-state index is 5.62. The molecule has 0 aliphatic heterocycles. The van der Waals surface area contributed by atoms with Gasteiger partial charge in [-0.1, -0.05) is 30.8 Å². The zero-order chi connectivity index (χ0) is 9.80. The van der Waals surface area contributed by atoms with E-state index in [1.54, 1.807) is 0 Å². The average molecular weight is 215 g/mol. The molecule has 3 nitrogen and oxygen atoms in total. The molecule has 0 spiro atoms. The van der Waals surface area contributed by atoms with Crippen LogP contribution in [0.3, 0.4) is 0 Å². The van der Waals surface area contributed by atoms with Crippen LogP contribution in [0.15, 0.2) is 4.52 Å². The SMILES string of the molecule is ClCc1nc(C2CCCCCC2)no1. The number of hydrogen-bond donors (Lipinski definition) is 0. The Labute approximate surface area is 88.8 Å². The molecule has 78 valence electrons. The molecule has 14 heavy (non-hydrogen) atoms. The highest BCUT2D eigenvalue weighted by molar-refractivity contribution is 6.16. The molecule has 0 radical (unpaired) electrons. The summed E-state index contributed by atoms with van der Waals surface area (Å²) in [6.07, 6.45) is 7.65. The summed E-state index contributed by atoms with van der Waals surface area (Å²) in [5.74, 6) is 2.23. The lowest BCUT2D eigenvalue weighted by atomic mass is 10.00. The normalized spacial score (nSPS) is 19.5. The van der Waals surface area contributed by atoms with Crippen molar-refractivity contribution in [3.63, 3.8) is 0 Å². The minimum absolute atomic E-state index is 0.319. The molecule has 1 saturated carbocycles. The van der Waals surface area contributed by atoms with Crippen LogP contribution in [0.4, 0.5) is 0 Å². The molecule has 0 amide bonds. The molecule has 1 heterocycles. The molecule has 2 rings (SSSR count). The van der Waals surface area contributed by atoms with E-state index in [4.69, 9.17) is 16.1 Å². The van der Waals surface area contributed by atoms with Gasteiger partial charge in [0.15, 0.2) is 5.82 Å². The second kappa shape index (κ2) is 4.78. The van der Waals surface area contributed by atoms with Gasteiger partial charge in [-0.3, -0.25) is 0 Å². The van der Waals surface area contributed by atoms with Crippen molar-refractivity contribution in [2.45, 2.75) is 50.3 Å². The van der Waals surface area contributed by atoms with Crippen LogP contribution in [-0.2, 0) is 5.88 Å². The van der Waals surface area contributed by atoms with Crippen LogP contribution in [0, 0.1) is 0 Å². The second-order valence-corrected chi connectivity index (χ2v) is 4.14. The number of nitrogens with zero attached hydrogens (tertiary/aromatic N) is 2. The van der Waals surface area contributed by atoms with E-state index in [0.29, 0.717) is 17.7 Å². The molecule has 0 atom stereocenters. The van der Waals surface area contributed by atoms with E-state index in [9.17, 15) is 0 Å². The van der Waals surface area contributed by atoms with Gasteiger partial charge in [-0.05, 0) is 12.8 Å². The molecule has 0 bridgehead atoms. The second-order valence-electron chi connectivity index (χ2n) is 3.87. The smallest absolute Gasteiger partial charge is 0.241 e. The lowest BCUT2D eigenvalue weighted by molar-refractivity contribution is 0.377. The molecule has 1 aliphatic rings. The highest BCUT2D eigenvalue weighted by Gasteiger charge is 2.19. The Kier molecular flexibility index (Phi) is 3.40. The first-order chi connectivity index (χ1) is 6.90. The van der Waals surface area contributed by atoms with Gasteiger partial charge in [0.2, 0.25) is 5.89 Å². The van der Waals surface area contributed by atoms with Crippen LogP contribution in [0.1, 0.15) is 56.2 Å². The summed E-state index contributed by atoms with van der Waals surface area (Å²) in [5.41, 5.74) is 0. The quantitative estimate of drug-likeness (QED) is 0.561. The van der Waals surface area contributed by atoms with Gasteiger partial charge in [-0.2, -0.15) is 4.98 Å². The zero-order valence-corrected chi connectivity index (χ0v) is 8.96. The maximum atomic E-state index is 5.62. The first-order valence-corrected chi connectivity index (χ1v) is 5.82. The summed E-state index contributed by atoms with van der Waals surface area (Å²) in [5, 5.41) is 3.98. The maximum Gasteiger partial charge on any atom is 0.241 e. The molecule has 0 saturated heterocycles. The van der Waals surface area contributed by atoms with E-state index < -0.39 is 0 Å². The lowest BCUT2D eigenvalue weighted by Crippen LogP contribution is -1.99. The van der Waals surface area contributed by atoms with E-state index in [1.807, 2.05) is 0 Å². The predicted octanol–water partition coefficient (Wildman–Crippen LogP) is 3.25. The van der Waals surface area contributed by atoms with Crippen molar-refractivity contribution in [1.29, 1.82) is 0 Å². The topological polar surface area (TPSA) is 38.9 Å². The van der Waals surface area contributed by atoms with Crippen LogP contribution in [0.25, 0.3) is 0 Å². The lowest BCUT2D eigenvalue weighted by Gasteiger charge is -2.07. The molecule has 1 aliphatic carbocycles. The molecule has 1 aromatic heterocycles. The molecular weight excluding hydrogens is 200 g/mol. The van der Waals surface area contributed by atoms with Crippen molar-refractivity contribution >= 4 is 11.6 Å². The first kappa shape index (κ1) is 9.97. The van der Waals surface area contributed by atoms with Crippen LogP contribution in [0.2, 0.25) is 0 Å². The summed E-state index contributed by atoms with van der Waals surface area (Å²) in [7, 11) is 0. The third kappa shape index (κ3) is 2.27. The monoisotopic (exact) mass is 214 g/mol. The predicted molar refractivity (Wildman–Crippen MR) is 54.3 cm³/mol. The van der Waals surface area contributed by atoms with Crippen molar-refractivity contribution < 1.29 is 4.52 Å². The summed E-state index contributed by atoms with van der Waals surface area (Å²) in [4.78, 5) is 4.28. The van der Waals surface area contributed by atoms with Crippen molar-refractivity contribution in [1.82, 2.24) is 10.1 Å². The summed E-state index contributed by atoms with van der Waals surface area (Å²) in [6.45, 7) is 0. The Morgan fingerprint density at radius 3 is 2.50 bits per heavy atom. The summed E-state index contributed by atoms with van der Waals surface area (Å²) >= 11 is 5.62. The van der Waals surface area contributed by atoms with Gasteiger partial charge in [-0.15, -0.1) is 11.6 Å². The van der Waals surface area contributed by atoms with E-state index in [-0.39, 0.29) is 0 Å². The van der Waals surface area contributed by atoms with E-state index in [2.05, 4.69) is 10.1 Å². The van der Waals surface area contributed by atoms with Crippen LogP contribution in [-0.4, -0.2) is 10.1 Å². The van der Waals surface area contributed by atoms with E-state index in [0.717, 1.165) is 5.82 Å². The Balaban J connectivity index is 2.04. The van der Waals surface area contributed by atoms with Crippen molar-refractivity contribution in [2.75, 3.05) is 0 Å². The standard InChI is InChI=1S/C10H15ClN2O/c11-7-9-12-10(13-14-9)8-5-3-1-2-4-6-8/h8H,1-7H2. The number of rotatable bonds is 2. The fourth-order valence-corrected chi connectivity index (χ4v) is 2.13. The minimum Gasteiger partial charge on any atom is -0.338 e. The van der Waals surface area contributed by atoms with Crippen molar-refractivity contribution in [2.24, 2.45) is 0 Å². The van der Waals surface area contributed by atoms with Gasteiger partial charge < -0.3 is 4.52 Å². The van der Waals surface area contributed by atoms with Gasteiger partial charge in [0.25, 0.3) is 0 Å². The molecular formula is C10H15ClN2O. The fourth-order valence-electron chi connectivity index (χ4n) is 2.03. The third-order valence-corrected chi connectivity index (χ3v) is 3.05. The Bertz CT molecular complexity index is 279. The Morgan fingerprint density at radius 2 is 1.93 bits per heavy atom. The van der Waals surface area contributed by atoms with E-state index >= 15 is 0 Å². The molecule has 0 unspecified atom stereocenters. The van der Waals surface area contributed by atoms with Crippen molar-refractivity contribution in [3.05, 3.63) is 11.7 Å². The number of aromatic nitrogens is 2. The third-order valence-electron chi connectivity index (χ3n) is 2.82. The van der Waals surface area contributed by atoms with Gasteiger partial charge in [0, 0.05) is 5.92 Å². The summed E-state index contributed by atoms with van der Waals surface area (Å²) < 4.78 is 5.01. The highest BCUT2D eigenvalue weighted by Crippen LogP contribution is 2.29. The fraction of sp³-hybridized carbons (Fsp3) is 0.800. The average Bonchev–Trinajstić information content (AvgIpc) is 2.53. The van der Waals surface area contributed by atoms with Gasteiger partial charge in [0.1, 0.15) is 5.88 Å². The largest absolute Gasteiger partial charge is 0.338 e. The van der Waals surface area contributed by atoms with Gasteiger partial charge in [0.05, 0.1) is 0 Å². The van der Waals surface area contributed by atoms with Gasteiger partial charge in [-0.25, -0.2) is 0 Å². The zero-order valence-electron chi connectivity index (χ0n) is 8.21.